The molecule has 1 heterocycles. The second-order valence-corrected chi connectivity index (χ2v) is 4.26. The summed E-state index contributed by atoms with van der Waals surface area (Å²) in [6.07, 6.45) is 3.30. The molecule has 0 bridgehead atoms. The van der Waals surface area contributed by atoms with E-state index < -0.39 is 0 Å². The molecule has 0 unspecified atom stereocenters. The average Bonchev–Trinajstić information content (AvgIpc) is 2.31. The van der Waals surface area contributed by atoms with Crippen LogP contribution in [-0.2, 0) is 10.1 Å². The normalized spacial score (nSPS) is 21.3. The third-order valence-corrected chi connectivity index (χ3v) is 3.11. The maximum absolute atomic E-state index is 5.75. The van der Waals surface area contributed by atoms with Crippen molar-refractivity contribution in [3.63, 3.8) is 0 Å². The summed E-state index contributed by atoms with van der Waals surface area (Å²) in [5, 5.41) is 0.857. The summed E-state index contributed by atoms with van der Waals surface area (Å²) >= 11 is 3.43. The lowest BCUT2D eigenvalue weighted by Crippen LogP contribution is -2.24. The van der Waals surface area contributed by atoms with Crippen LogP contribution < -0.4 is 4.74 Å². The first kappa shape index (κ1) is 11.0. The van der Waals surface area contributed by atoms with E-state index in [1.165, 1.54) is 12.0 Å². The fraction of sp³-hybridized carbons (Fsp3) is 0.500. The smallest absolute Gasteiger partial charge is 0.199 e. The summed E-state index contributed by atoms with van der Waals surface area (Å²) in [5.41, 5.74) is 1.23. The lowest BCUT2D eigenvalue weighted by Gasteiger charge is -2.23. The molecule has 0 N–H and O–H groups in total. The zero-order valence-electron chi connectivity index (χ0n) is 8.62. The van der Waals surface area contributed by atoms with E-state index in [1.807, 2.05) is 18.2 Å². The molecular formula is C12H15BrO2. The summed E-state index contributed by atoms with van der Waals surface area (Å²) < 4.78 is 11.3. The summed E-state index contributed by atoms with van der Waals surface area (Å²) in [6, 6.07) is 8.11. The zero-order valence-corrected chi connectivity index (χ0v) is 10.2. The minimum absolute atomic E-state index is 0.0516. The van der Waals surface area contributed by atoms with E-state index in [0.29, 0.717) is 0 Å². The molecule has 1 fully saturated rings. The van der Waals surface area contributed by atoms with Crippen molar-refractivity contribution in [2.45, 2.75) is 30.9 Å². The quantitative estimate of drug-likeness (QED) is 0.783. The first-order chi connectivity index (χ1) is 7.38. The van der Waals surface area contributed by atoms with Gasteiger partial charge in [-0.2, -0.15) is 0 Å². The predicted molar refractivity (Wildman–Crippen MR) is 63.3 cm³/mol. The number of hydrogen-bond donors (Lipinski definition) is 0. The van der Waals surface area contributed by atoms with Crippen LogP contribution >= 0.6 is 15.9 Å². The number of benzene rings is 1. The van der Waals surface area contributed by atoms with Crippen LogP contribution in [0.2, 0.25) is 0 Å². The van der Waals surface area contributed by atoms with E-state index in [0.717, 1.165) is 30.5 Å². The van der Waals surface area contributed by atoms with E-state index >= 15 is 0 Å². The van der Waals surface area contributed by atoms with Crippen LogP contribution in [0.5, 0.6) is 5.75 Å². The summed E-state index contributed by atoms with van der Waals surface area (Å²) in [5.74, 6) is 0.902. The summed E-state index contributed by atoms with van der Waals surface area (Å²) in [4.78, 5) is 0. The molecule has 2 rings (SSSR count). The largest absolute Gasteiger partial charge is 0.465 e. The highest BCUT2D eigenvalue weighted by molar-refractivity contribution is 9.08. The number of hydrogen-bond acceptors (Lipinski definition) is 2. The van der Waals surface area contributed by atoms with Gasteiger partial charge in [0.1, 0.15) is 5.75 Å². The maximum Gasteiger partial charge on any atom is 0.199 e. The molecule has 0 amide bonds. The molecular weight excluding hydrogens is 256 g/mol. The van der Waals surface area contributed by atoms with Gasteiger partial charge in [-0.3, -0.25) is 0 Å². The Labute approximate surface area is 98.7 Å². The third kappa shape index (κ3) is 3.21. The Balaban J connectivity index is 1.96. The van der Waals surface area contributed by atoms with E-state index in [4.69, 9.17) is 9.47 Å². The first-order valence-corrected chi connectivity index (χ1v) is 6.44. The molecule has 1 aromatic carbocycles. The van der Waals surface area contributed by atoms with E-state index in [2.05, 4.69) is 22.0 Å². The highest BCUT2D eigenvalue weighted by Gasteiger charge is 2.14. The van der Waals surface area contributed by atoms with Crippen LogP contribution in [0.1, 0.15) is 24.8 Å². The fourth-order valence-corrected chi connectivity index (χ4v) is 2.01. The molecule has 0 radical (unpaired) electrons. The molecule has 15 heavy (non-hydrogen) atoms. The topological polar surface area (TPSA) is 18.5 Å². The van der Waals surface area contributed by atoms with Crippen molar-refractivity contribution in [2.75, 3.05) is 6.61 Å². The number of ether oxygens (including phenoxy) is 2. The van der Waals surface area contributed by atoms with Gasteiger partial charge in [0.2, 0.25) is 0 Å². The van der Waals surface area contributed by atoms with Crippen molar-refractivity contribution in [3.8, 4) is 5.75 Å². The Hall–Kier alpha value is -0.540. The second-order valence-electron chi connectivity index (χ2n) is 3.70. The van der Waals surface area contributed by atoms with E-state index in [1.54, 1.807) is 0 Å². The standard InChI is InChI=1S/C12H15BrO2/c13-9-10-4-3-5-11(8-10)15-12-6-1-2-7-14-12/h3-5,8,12H,1-2,6-7,9H2/t12-/m0/s1. The summed E-state index contributed by atoms with van der Waals surface area (Å²) in [7, 11) is 0. The van der Waals surface area contributed by atoms with Gasteiger partial charge in [-0.25, -0.2) is 0 Å². The molecule has 82 valence electrons. The van der Waals surface area contributed by atoms with Crippen LogP contribution in [0.25, 0.3) is 0 Å². The maximum atomic E-state index is 5.75. The molecule has 1 aliphatic rings. The van der Waals surface area contributed by atoms with Crippen LogP contribution in [-0.4, -0.2) is 12.9 Å². The van der Waals surface area contributed by atoms with Crippen molar-refractivity contribution < 1.29 is 9.47 Å². The SMILES string of the molecule is BrCc1cccc(O[C@H]2CCCCO2)c1. The van der Waals surface area contributed by atoms with Crippen LogP contribution in [0, 0.1) is 0 Å². The molecule has 1 aromatic rings. The fourth-order valence-electron chi connectivity index (χ4n) is 1.66. The Morgan fingerprint density at radius 2 is 2.33 bits per heavy atom. The van der Waals surface area contributed by atoms with Crippen LogP contribution in [0.4, 0.5) is 0 Å². The molecule has 1 aliphatic heterocycles. The minimum Gasteiger partial charge on any atom is -0.465 e. The van der Waals surface area contributed by atoms with Crippen molar-refractivity contribution in [2.24, 2.45) is 0 Å². The van der Waals surface area contributed by atoms with Gasteiger partial charge in [0.25, 0.3) is 0 Å². The Bertz CT molecular complexity index is 308. The monoisotopic (exact) mass is 270 g/mol. The van der Waals surface area contributed by atoms with Gasteiger partial charge in [0.05, 0.1) is 6.61 Å². The van der Waals surface area contributed by atoms with Crippen molar-refractivity contribution in [3.05, 3.63) is 29.8 Å². The molecule has 0 aliphatic carbocycles. The highest BCUT2D eigenvalue weighted by atomic mass is 79.9. The van der Waals surface area contributed by atoms with Crippen molar-refractivity contribution in [1.29, 1.82) is 0 Å². The molecule has 1 saturated heterocycles. The van der Waals surface area contributed by atoms with Crippen LogP contribution in [0.15, 0.2) is 24.3 Å². The van der Waals surface area contributed by atoms with E-state index in [-0.39, 0.29) is 6.29 Å². The van der Waals surface area contributed by atoms with Crippen molar-refractivity contribution in [1.82, 2.24) is 0 Å². The molecule has 0 spiro atoms. The third-order valence-electron chi connectivity index (χ3n) is 2.46. The Kier molecular flexibility index (Phi) is 4.03. The Morgan fingerprint density at radius 1 is 1.40 bits per heavy atom. The highest BCUT2D eigenvalue weighted by Crippen LogP contribution is 2.20. The molecule has 2 nitrogen and oxygen atoms in total. The van der Waals surface area contributed by atoms with Gasteiger partial charge in [-0.05, 0) is 30.5 Å². The van der Waals surface area contributed by atoms with Crippen molar-refractivity contribution >= 4 is 15.9 Å². The molecule has 0 saturated carbocycles. The predicted octanol–water partition coefficient (Wildman–Crippen LogP) is 3.49. The number of alkyl halides is 1. The first-order valence-electron chi connectivity index (χ1n) is 5.31. The number of halogens is 1. The average molecular weight is 271 g/mol. The zero-order chi connectivity index (χ0) is 10.5. The molecule has 1 atom stereocenters. The molecule has 3 heteroatoms. The lowest BCUT2D eigenvalue weighted by molar-refractivity contribution is -0.105. The van der Waals surface area contributed by atoms with Gasteiger partial charge in [0, 0.05) is 11.8 Å². The van der Waals surface area contributed by atoms with Gasteiger partial charge < -0.3 is 9.47 Å². The van der Waals surface area contributed by atoms with Gasteiger partial charge >= 0.3 is 0 Å². The van der Waals surface area contributed by atoms with Gasteiger partial charge in [-0.1, -0.05) is 28.1 Å². The Morgan fingerprint density at radius 3 is 3.07 bits per heavy atom. The second kappa shape index (κ2) is 5.52. The minimum atomic E-state index is -0.0516. The lowest BCUT2D eigenvalue weighted by atomic mass is 10.2. The van der Waals surface area contributed by atoms with E-state index in [9.17, 15) is 0 Å². The molecule has 0 aromatic heterocycles. The summed E-state index contributed by atoms with van der Waals surface area (Å²) in [6.45, 7) is 0.822. The van der Waals surface area contributed by atoms with Crippen LogP contribution in [0.3, 0.4) is 0 Å². The number of rotatable bonds is 3. The van der Waals surface area contributed by atoms with Gasteiger partial charge in [-0.15, -0.1) is 0 Å². The van der Waals surface area contributed by atoms with Gasteiger partial charge in [0.15, 0.2) is 6.29 Å².